The van der Waals surface area contributed by atoms with Crippen LogP contribution < -0.4 is 0 Å². The quantitative estimate of drug-likeness (QED) is 0.133. The van der Waals surface area contributed by atoms with E-state index in [1.54, 1.807) is 6.20 Å². The van der Waals surface area contributed by atoms with Crippen LogP contribution >= 0.6 is 0 Å². The first-order chi connectivity index (χ1) is 62.2. The summed E-state index contributed by atoms with van der Waals surface area (Å²) in [6.07, 6.45) is 1.76. The molecule has 0 saturated carbocycles. The lowest BCUT2D eigenvalue weighted by Crippen LogP contribution is -2.17. The maximum atomic E-state index is 6.33. The van der Waals surface area contributed by atoms with E-state index in [0.717, 1.165) is 132 Å². The van der Waals surface area contributed by atoms with Crippen molar-refractivity contribution in [1.29, 1.82) is 0 Å². The van der Waals surface area contributed by atoms with Crippen LogP contribution in [0.25, 0.3) is 224 Å². The zero-order valence-electron chi connectivity index (χ0n) is 70.1. The van der Waals surface area contributed by atoms with Crippen molar-refractivity contribution in [3.05, 3.63) is 385 Å². The molecule has 15 aromatic carbocycles. The monoisotopic (exact) mass is 1640 g/mol. The molecule has 0 amide bonds. The Morgan fingerprint density at radius 2 is 0.449 bits per heavy atom. The van der Waals surface area contributed by atoms with E-state index in [1.807, 2.05) is 206 Å². The highest BCUT2D eigenvalue weighted by molar-refractivity contribution is 6.12. The Kier molecular flexibility index (Phi) is 17.0. The van der Waals surface area contributed by atoms with Crippen molar-refractivity contribution < 1.29 is 17.7 Å². The average Bonchev–Trinajstić information content (AvgIpc) is 1.56. The van der Waals surface area contributed by atoms with E-state index in [4.69, 9.17) is 62.5 Å². The highest BCUT2D eigenvalue weighted by Crippen LogP contribution is 2.58. The zero-order valence-corrected chi connectivity index (χ0v) is 70.1. The third-order valence-corrected chi connectivity index (χ3v) is 25.8. The van der Waals surface area contributed by atoms with Crippen LogP contribution in [0.3, 0.4) is 0 Å². The van der Waals surface area contributed by atoms with Crippen LogP contribution in [0.1, 0.15) is 74.9 Å². The standard InChI is InChI=1S/C42H27N3O2.C36H25N3O.C35H24N4O/c1-42(2)33-23-37-32(27-14-7-9-18-35(27)47-37)22-30(33)28-15-10-16-29(38(28)42)41-44-39(24-11-4-3-5-12-24)43-40(45-41)25-19-20-36-31(21-25)26-13-6-8-17-34(26)46-36;1-36(2)29-21-31-28(24-16-9-10-19-30(24)40-31)20-27(29)25-17-11-18-26(32(25)36)35-38-33(22-12-5-3-6-13-22)37-34(39-35)23-14-7-4-8-15-23;1-35(2)27-20-30-26(22-13-6-7-17-29(22)40-30)19-25(27)23-14-10-15-24(31(23)35)33-37-32(21-11-4-3-5-12-21)38-34(39-33)28-16-8-9-18-36-28/h3-23H,1-2H3;3-21H,1-2H3;3-20H,1-2H3. The topological polar surface area (TPSA) is 181 Å². The van der Waals surface area contributed by atoms with Gasteiger partial charge >= 0.3 is 0 Å². The second-order valence-corrected chi connectivity index (χ2v) is 34.4. The Labute approximate surface area is 729 Å². The number of rotatable bonds is 9. The van der Waals surface area contributed by atoms with Gasteiger partial charge in [0, 0.05) is 110 Å². The molecule has 3 aliphatic rings. The molecule has 602 valence electrons. The van der Waals surface area contributed by atoms with Crippen molar-refractivity contribution in [3.63, 3.8) is 0 Å². The number of aromatic nitrogens is 10. The third kappa shape index (κ3) is 12.2. The average molecular weight is 1640 g/mol. The number of para-hydroxylation sites is 4. The minimum Gasteiger partial charge on any atom is -0.456 e. The van der Waals surface area contributed by atoms with Crippen LogP contribution in [0.2, 0.25) is 0 Å². The molecule has 0 unspecified atom stereocenters. The molecule has 8 heterocycles. The number of furan rings is 4. The van der Waals surface area contributed by atoms with Crippen molar-refractivity contribution in [2.75, 3.05) is 0 Å². The number of benzene rings is 15. The van der Waals surface area contributed by atoms with Crippen molar-refractivity contribution in [1.82, 2.24) is 49.8 Å². The number of hydrogen-bond acceptors (Lipinski definition) is 14. The Morgan fingerprint density at radius 3 is 0.787 bits per heavy atom. The molecule has 14 nitrogen and oxygen atoms in total. The van der Waals surface area contributed by atoms with E-state index in [1.165, 1.54) is 66.8 Å². The highest BCUT2D eigenvalue weighted by atomic mass is 16.3. The van der Waals surface area contributed by atoms with Crippen LogP contribution in [-0.4, -0.2) is 49.8 Å². The van der Waals surface area contributed by atoms with Gasteiger partial charge < -0.3 is 17.7 Å². The summed E-state index contributed by atoms with van der Waals surface area (Å²) in [5.74, 6) is 5.74. The lowest BCUT2D eigenvalue weighted by Gasteiger charge is -2.24. The fraction of sp³-hybridized carbons (Fsp3) is 0.0796. The van der Waals surface area contributed by atoms with Gasteiger partial charge in [0.25, 0.3) is 0 Å². The summed E-state index contributed by atoms with van der Waals surface area (Å²) in [6, 6.07) is 118. The van der Waals surface area contributed by atoms with E-state index in [9.17, 15) is 0 Å². The molecule has 0 fully saturated rings. The fourth-order valence-electron chi connectivity index (χ4n) is 19.8. The summed E-state index contributed by atoms with van der Waals surface area (Å²) in [4.78, 5) is 49.7. The largest absolute Gasteiger partial charge is 0.456 e. The van der Waals surface area contributed by atoms with Gasteiger partial charge in [-0.15, -0.1) is 0 Å². The highest BCUT2D eigenvalue weighted by Gasteiger charge is 2.43. The summed E-state index contributed by atoms with van der Waals surface area (Å²) < 4.78 is 25.0. The van der Waals surface area contributed by atoms with Gasteiger partial charge in [0.2, 0.25) is 0 Å². The third-order valence-electron chi connectivity index (χ3n) is 25.8. The van der Waals surface area contributed by atoms with Crippen LogP contribution in [-0.2, 0) is 16.2 Å². The molecule has 0 N–H and O–H groups in total. The van der Waals surface area contributed by atoms with Gasteiger partial charge in [-0.2, -0.15) is 0 Å². The van der Waals surface area contributed by atoms with Gasteiger partial charge in [-0.05, 0) is 158 Å². The normalized spacial score (nSPS) is 13.5. The minimum atomic E-state index is -0.317. The second kappa shape index (κ2) is 28.9. The van der Waals surface area contributed by atoms with Gasteiger partial charge in [-0.25, -0.2) is 44.9 Å². The molecule has 14 heteroatoms. The molecule has 0 saturated heterocycles. The summed E-state index contributed by atoms with van der Waals surface area (Å²) in [7, 11) is 0. The van der Waals surface area contributed by atoms with Gasteiger partial charge in [0.15, 0.2) is 52.4 Å². The second-order valence-electron chi connectivity index (χ2n) is 34.4. The van der Waals surface area contributed by atoms with Gasteiger partial charge in [0.1, 0.15) is 50.4 Å². The van der Waals surface area contributed by atoms with Crippen LogP contribution in [0.4, 0.5) is 0 Å². The first-order valence-corrected chi connectivity index (χ1v) is 42.8. The van der Waals surface area contributed by atoms with Crippen LogP contribution in [0.5, 0.6) is 0 Å². The molecule has 127 heavy (non-hydrogen) atoms. The maximum Gasteiger partial charge on any atom is 0.182 e. The number of hydrogen-bond donors (Lipinski definition) is 0. The smallest absolute Gasteiger partial charge is 0.182 e. The molecule has 0 atom stereocenters. The SMILES string of the molecule is CC1(C)c2cc3oc4ccccc4c3cc2-c2cccc(-c3nc(-c4ccccc4)nc(-c4ccc5oc6ccccc6c5c4)n3)c21.CC1(C)c2cc3oc4ccccc4c3cc2-c2cccc(-c3nc(-c4ccccc4)nc(-c4ccccc4)n3)c21.CC1(C)c2cc3oc4ccccc4c3cc2-c2cccc(-c3nc(-c4ccccc4)nc(-c4ccccn4)n3)c21. The minimum absolute atomic E-state index is 0.277. The maximum absolute atomic E-state index is 6.33. The van der Waals surface area contributed by atoms with Crippen molar-refractivity contribution in [3.8, 4) is 136 Å². The number of fused-ring (bicyclic) bond motifs is 21. The lowest BCUT2D eigenvalue weighted by molar-refractivity contribution is 0.648. The molecule has 0 radical (unpaired) electrons. The van der Waals surface area contributed by atoms with E-state index in [2.05, 4.69) is 186 Å². The van der Waals surface area contributed by atoms with E-state index >= 15 is 0 Å². The summed E-state index contributed by atoms with van der Waals surface area (Å²) in [5, 5.41) is 8.91. The molecule has 0 aliphatic heterocycles. The molecule has 26 rings (SSSR count). The zero-order chi connectivity index (χ0) is 85.0. The number of pyridine rings is 1. The van der Waals surface area contributed by atoms with Gasteiger partial charge in [0.05, 0.1) is 0 Å². The van der Waals surface area contributed by atoms with Crippen LogP contribution in [0.15, 0.2) is 370 Å². The fourth-order valence-corrected chi connectivity index (χ4v) is 19.8. The lowest BCUT2D eigenvalue weighted by atomic mass is 9.80. The van der Waals surface area contributed by atoms with Crippen molar-refractivity contribution in [2.24, 2.45) is 0 Å². The van der Waals surface area contributed by atoms with Crippen molar-refractivity contribution >= 4 is 87.8 Å². The van der Waals surface area contributed by atoms with Gasteiger partial charge in [-0.1, -0.05) is 296 Å². The van der Waals surface area contributed by atoms with Crippen molar-refractivity contribution in [2.45, 2.75) is 57.8 Å². The summed E-state index contributed by atoms with van der Waals surface area (Å²) >= 11 is 0. The first kappa shape index (κ1) is 74.5. The van der Waals surface area contributed by atoms with Gasteiger partial charge in [-0.3, -0.25) is 4.98 Å². The molecule has 23 aromatic rings. The number of nitrogens with zero attached hydrogens (tertiary/aromatic N) is 10. The molecule has 8 aromatic heterocycles. The molecule has 0 bridgehead atoms. The molecular weight excluding hydrogens is 1560 g/mol. The van der Waals surface area contributed by atoms with E-state index in [0.29, 0.717) is 58.1 Å². The Morgan fingerprint density at radius 1 is 0.181 bits per heavy atom. The van der Waals surface area contributed by atoms with E-state index in [-0.39, 0.29) is 16.2 Å². The van der Waals surface area contributed by atoms with Crippen LogP contribution in [0, 0.1) is 0 Å². The molecular formula is C113H76N10O4. The Hall–Kier alpha value is -16.3. The Bertz CT molecular complexity index is 8010. The molecule has 3 aliphatic carbocycles. The predicted molar refractivity (Wildman–Crippen MR) is 508 cm³/mol. The molecule has 0 spiro atoms. The predicted octanol–water partition coefficient (Wildman–Crippen LogP) is 28.5. The first-order valence-electron chi connectivity index (χ1n) is 42.8. The van der Waals surface area contributed by atoms with E-state index < -0.39 is 0 Å². The summed E-state index contributed by atoms with van der Waals surface area (Å²) in [5.41, 5.74) is 29.4. The summed E-state index contributed by atoms with van der Waals surface area (Å²) in [6.45, 7) is 13.7. The Balaban J connectivity index is 0.000000107.